The van der Waals surface area contributed by atoms with Crippen LogP contribution in [0.1, 0.15) is 18.1 Å². The number of benzene rings is 2. The molecule has 0 heterocycles. The van der Waals surface area contributed by atoms with Gasteiger partial charge in [0.05, 0.1) is 6.54 Å². The summed E-state index contributed by atoms with van der Waals surface area (Å²) in [5.74, 6) is -0.140. The molecule has 0 saturated heterocycles. The molecule has 0 atom stereocenters. The van der Waals surface area contributed by atoms with Crippen LogP contribution in [0.2, 0.25) is 0 Å². The molecule has 0 fully saturated rings. The zero-order chi connectivity index (χ0) is 18.8. The van der Waals surface area contributed by atoms with Crippen LogP contribution in [-0.2, 0) is 16.0 Å². The minimum Gasteiger partial charge on any atom is -0.484 e. The van der Waals surface area contributed by atoms with E-state index in [1.165, 1.54) is 0 Å². The van der Waals surface area contributed by atoms with Gasteiger partial charge in [-0.05, 0) is 37.1 Å². The summed E-state index contributed by atoms with van der Waals surface area (Å²) in [5, 5.41) is 6.53. The number of hydrazone groups is 1. The number of hydrogen-bond acceptors (Lipinski definition) is 4. The van der Waals surface area contributed by atoms with Crippen molar-refractivity contribution in [2.24, 2.45) is 5.10 Å². The third-order valence-corrected chi connectivity index (χ3v) is 3.48. The van der Waals surface area contributed by atoms with E-state index >= 15 is 0 Å². The number of rotatable bonds is 8. The Morgan fingerprint density at radius 3 is 2.54 bits per heavy atom. The third-order valence-electron chi connectivity index (χ3n) is 3.48. The SMILES string of the molecule is C/C(Cc1ccccc1)=N/NC(=O)CNC(=O)COc1cccc(C)c1. The van der Waals surface area contributed by atoms with Gasteiger partial charge in [-0.3, -0.25) is 9.59 Å². The number of nitrogens with zero attached hydrogens (tertiary/aromatic N) is 1. The van der Waals surface area contributed by atoms with Crippen molar-refractivity contribution < 1.29 is 14.3 Å². The Balaban J connectivity index is 1.67. The smallest absolute Gasteiger partial charge is 0.259 e. The molecule has 2 rings (SSSR count). The lowest BCUT2D eigenvalue weighted by Crippen LogP contribution is -2.37. The lowest BCUT2D eigenvalue weighted by molar-refractivity contribution is -0.127. The molecule has 0 spiro atoms. The highest BCUT2D eigenvalue weighted by molar-refractivity contribution is 5.88. The Morgan fingerprint density at radius 2 is 1.81 bits per heavy atom. The van der Waals surface area contributed by atoms with Crippen molar-refractivity contribution in [3.8, 4) is 5.75 Å². The predicted octanol–water partition coefficient (Wildman–Crippen LogP) is 2.22. The van der Waals surface area contributed by atoms with Gasteiger partial charge in [-0.2, -0.15) is 5.10 Å². The molecule has 0 bridgehead atoms. The van der Waals surface area contributed by atoms with Crippen molar-refractivity contribution in [1.82, 2.24) is 10.7 Å². The summed E-state index contributed by atoms with van der Waals surface area (Å²) in [4.78, 5) is 23.5. The summed E-state index contributed by atoms with van der Waals surface area (Å²) >= 11 is 0. The Hall–Kier alpha value is -3.15. The van der Waals surface area contributed by atoms with Gasteiger partial charge in [0.15, 0.2) is 6.61 Å². The highest BCUT2D eigenvalue weighted by atomic mass is 16.5. The standard InChI is InChI=1S/C20H23N3O3/c1-15-7-6-10-18(11-15)26-14-20(25)21-13-19(24)23-22-16(2)12-17-8-4-3-5-9-17/h3-11H,12-14H2,1-2H3,(H,21,25)(H,23,24)/b22-16-. The fourth-order valence-electron chi connectivity index (χ4n) is 2.21. The summed E-state index contributed by atoms with van der Waals surface area (Å²) in [6.07, 6.45) is 0.651. The molecule has 26 heavy (non-hydrogen) atoms. The molecular formula is C20H23N3O3. The third kappa shape index (κ3) is 7.17. The Kier molecular flexibility index (Phi) is 7.36. The summed E-state index contributed by atoms with van der Waals surface area (Å²) in [6.45, 7) is 3.48. The maximum atomic E-state index is 11.7. The topological polar surface area (TPSA) is 79.8 Å². The molecule has 0 aliphatic carbocycles. The number of ether oxygens (including phenoxy) is 1. The zero-order valence-corrected chi connectivity index (χ0v) is 15.0. The second-order valence-electron chi connectivity index (χ2n) is 5.93. The molecule has 6 nitrogen and oxygen atoms in total. The largest absolute Gasteiger partial charge is 0.484 e. The van der Waals surface area contributed by atoms with Gasteiger partial charge in [0.1, 0.15) is 5.75 Å². The normalized spacial score (nSPS) is 10.9. The number of hydrogen-bond donors (Lipinski definition) is 2. The maximum Gasteiger partial charge on any atom is 0.259 e. The van der Waals surface area contributed by atoms with Crippen LogP contribution in [0.3, 0.4) is 0 Å². The average Bonchev–Trinajstić information content (AvgIpc) is 2.64. The van der Waals surface area contributed by atoms with Gasteiger partial charge in [-0.15, -0.1) is 0 Å². The summed E-state index contributed by atoms with van der Waals surface area (Å²) in [6, 6.07) is 17.3. The van der Waals surface area contributed by atoms with Crippen molar-refractivity contribution in [2.45, 2.75) is 20.3 Å². The van der Waals surface area contributed by atoms with Crippen molar-refractivity contribution in [3.05, 3.63) is 65.7 Å². The van der Waals surface area contributed by atoms with E-state index in [0.717, 1.165) is 16.8 Å². The minimum atomic E-state index is -0.388. The molecule has 2 N–H and O–H groups in total. The Morgan fingerprint density at radius 1 is 1.04 bits per heavy atom. The van der Waals surface area contributed by atoms with Crippen LogP contribution in [-0.4, -0.2) is 30.7 Å². The minimum absolute atomic E-state index is 0.146. The molecule has 0 aliphatic rings. The van der Waals surface area contributed by atoms with E-state index in [0.29, 0.717) is 12.2 Å². The van der Waals surface area contributed by atoms with Gasteiger partial charge in [-0.1, -0.05) is 42.5 Å². The Labute approximate surface area is 153 Å². The monoisotopic (exact) mass is 353 g/mol. The van der Waals surface area contributed by atoms with Crippen molar-refractivity contribution in [3.63, 3.8) is 0 Å². The van der Waals surface area contributed by atoms with Crippen LogP contribution < -0.4 is 15.5 Å². The van der Waals surface area contributed by atoms with E-state index in [2.05, 4.69) is 15.8 Å². The summed E-state index contributed by atoms with van der Waals surface area (Å²) < 4.78 is 5.37. The fourth-order valence-corrected chi connectivity index (χ4v) is 2.21. The van der Waals surface area contributed by atoms with E-state index in [-0.39, 0.29) is 25.0 Å². The highest BCUT2D eigenvalue weighted by Crippen LogP contribution is 2.11. The van der Waals surface area contributed by atoms with Gasteiger partial charge in [0.25, 0.3) is 11.8 Å². The second-order valence-corrected chi connectivity index (χ2v) is 5.93. The molecule has 2 aromatic carbocycles. The van der Waals surface area contributed by atoms with Crippen LogP contribution in [0.25, 0.3) is 0 Å². The molecular weight excluding hydrogens is 330 g/mol. The van der Waals surface area contributed by atoms with Crippen LogP contribution >= 0.6 is 0 Å². The summed E-state index contributed by atoms with van der Waals surface area (Å²) in [7, 11) is 0. The molecule has 0 aliphatic heterocycles. The first-order chi connectivity index (χ1) is 12.5. The van der Waals surface area contributed by atoms with Crippen LogP contribution in [0.5, 0.6) is 5.75 Å². The molecule has 0 aromatic heterocycles. The number of carbonyl (C=O) groups is 2. The van der Waals surface area contributed by atoms with Crippen LogP contribution in [0.4, 0.5) is 0 Å². The van der Waals surface area contributed by atoms with E-state index < -0.39 is 0 Å². The van der Waals surface area contributed by atoms with E-state index in [9.17, 15) is 9.59 Å². The highest BCUT2D eigenvalue weighted by Gasteiger charge is 2.06. The van der Waals surface area contributed by atoms with Gasteiger partial charge >= 0.3 is 0 Å². The lowest BCUT2D eigenvalue weighted by Gasteiger charge is -2.08. The quantitative estimate of drug-likeness (QED) is 0.564. The molecule has 0 unspecified atom stereocenters. The average molecular weight is 353 g/mol. The van der Waals surface area contributed by atoms with Crippen molar-refractivity contribution in [1.29, 1.82) is 0 Å². The first kappa shape index (κ1) is 19.2. The van der Waals surface area contributed by atoms with Gasteiger partial charge in [0.2, 0.25) is 0 Å². The van der Waals surface area contributed by atoms with E-state index in [1.54, 1.807) is 6.07 Å². The van der Waals surface area contributed by atoms with Crippen molar-refractivity contribution in [2.75, 3.05) is 13.2 Å². The molecule has 2 amide bonds. The van der Waals surface area contributed by atoms with Gasteiger partial charge in [-0.25, -0.2) is 5.43 Å². The van der Waals surface area contributed by atoms with Crippen LogP contribution in [0.15, 0.2) is 59.7 Å². The first-order valence-electron chi connectivity index (χ1n) is 8.35. The van der Waals surface area contributed by atoms with E-state index in [1.807, 2.05) is 62.4 Å². The second kappa shape index (κ2) is 9.98. The Bertz CT molecular complexity index is 773. The fraction of sp³-hybridized carbons (Fsp3) is 0.250. The molecule has 0 saturated carbocycles. The number of aryl methyl sites for hydroxylation is 1. The summed E-state index contributed by atoms with van der Waals surface area (Å²) in [5.41, 5.74) is 5.37. The number of nitrogens with one attached hydrogen (secondary N) is 2. The molecule has 0 radical (unpaired) electrons. The predicted molar refractivity (Wildman–Crippen MR) is 101 cm³/mol. The van der Waals surface area contributed by atoms with Gasteiger partial charge in [0, 0.05) is 12.1 Å². The first-order valence-corrected chi connectivity index (χ1v) is 8.35. The van der Waals surface area contributed by atoms with E-state index in [4.69, 9.17) is 4.74 Å². The number of amides is 2. The molecule has 136 valence electrons. The van der Waals surface area contributed by atoms with Gasteiger partial charge < -0.3 is 10.1 Å². The molecule has 6 heteroatoms. The lowest BCUT2D eigenvalue weighted by atomic mass is 10.1. The zero-order valence-electron chi connectivity index (χ0n) is 15.0. The molecule has 2 aromatic rings. The van der Waals surface area contributed by atoms with Crippen LogP contribution in [0, 0.1) is 6.92 Å². The maximum absolute atomic E-state index is 11.7. The van der Waals surface area contributed by atoms with Crippen molar-refractivity contribution >= 4 is 17.5 Å². The number of carbonyl (C=O) groups excluding carboxylic acids is 2.